The molecule has 0 aromatic heterocycles. The predicted octanol–water partition coefficient (Wildman–Crippen LogP) is 4.19. The standard InChI is InChI=1S/C20H15NO3/c22-19(23)12-11-14-5-3-8-16(13-14)21-20(24)18-10-4-7-15-6-1-2-9-17(15)18/h1-13H,(H,21,24)(H,22,23)/b12-11+. The molecule has 4 nitrogen and oxygen atoms in total. The van der Waals surface area contributed by atoms with Gasteiger partial charge in [-0.15, -0.1) is 0 Å². The lowest BCUT2D eigenvalue weighted by atomic mass is 10.0. The van der Waals surface area contributed by atoms with Crippen molar-refractivity contribution in [3.63, 3.8) is 0 Å². The van der Waals surface area contributed by atoms with Crippen LogP contribution in [0.2, 0.25) is 0 Å². The number of hydrogen-bond donors (Lipinski definition) is 2. The van der Waals surface area contributed by atoms with Crippen LogP contribution in [0.25, 0.3) is 16.8 Å². The van der Waals surface area contributed by atoms with Gasteiger partial charge < -0.3 is 10.4 Å². The van der Waals surface area contributed by atoms with E-state index in [-0.39, 0.29) is 5.91 Å². The molecule has 0 heterocycles. The van der Waals surface area contributed by atoms with Gasteiger partial charge in [-0.05, 0) is 40.6 Å². The van der Waals surface area contributed by atoms with Gasteiger partial charge in [0.25, 0.3) is 5.91 Å². The molecule has 0 aliphatic carbocycles. The molecule has 3 rings (SSSR count). The van der Waals surface area contributed by atoms with Crippen molar-refractivity contribution in [3.8, 4) is 0 Å². The first kappa shape index (κ1) is 15.5. The van der Waals surface area contributed by atoms with Gasteiger partial charge in [-0.1, -0.05) is 48.5 Å². The van der Waals surface area contributed by atoms with Gasteiger partial charge in [-0.25, -0.2) is 4.79 Å². The van der Waals surface area contributed by atoms with Crippen molar-refractivity contribution >= 4 is 34.4 Å². The van der Waals surface area contributed by atoms with E-state index in [9.17, 15) is 9.59 Å². The Labute approximate surface area is 139 Å². The number of carboxylic acids is 1. The fourth-order valence-electron chi connectivity index (χ4n) is 2.51. The maximum atomic E-state index is 12.6. The number of aliphatic carboxylic acids is 1. The Morgan fingerprint density at radius 1 is 0.917 bits per heavy atom. The molecule has 24 heavy (non-hydrogen) atoms. The predicted molar refractivity (Wildman–Crippen MR) is 95.0 cm³/mol. The van der Waals surface area contributed by atoms with E-state index in [0.717, 1.165) is 16.8 Å². The minimum atomic E-state index is -1.01. The first-order valence-electron chi connectivity index (χ1n) is 7.44. The van der Waals surface area contributed by atoms with E-state index >= 15 is 0 Å². The van der Waals surface area contributed by atoms with E-state index in [1.54, 1.807) is 30.3 Å². The number of rotatable bonds is 4. The highest BCUT2D eigenvalue weighted by Crippen LogP contribution is 2.20. The van der Waals surface area contributed by atoms with Gasteiger partial charge in [0.2, 0.25) is 0 Å². The third-order valence-corrected chi connectivity index (χ3v) is 3.60. The molecule has 0 aliphatic rings. The normalized spacial score (nSPS) is 10.8. The van der Waals surface area contributed by atoms with Crippen molar-refractivity contribution in [1.82, 2.24) is 0 Å². The van der Waals surface area contributed by atoms with Crippen molar-refractivity contribution in [2.75, 3.05) is 5.32 Å². The number of nitrogens with one attached hydrogen (secondary N) is 1. The SMILES string of the molecule is O=C(O)/C=C/c1cccc(NC(=O)c2cccc3ccccc23)c1. The molecule has 3 aromatic rings. The fourth-order valence-corrected chi connectivity index (χ4v) is 2.51. The van der Waals surface area contributed by atoms with E-state index in [1.807, 2.05) is 36.4 Å². The average molecular weight is 317 g/mol. The third-order valence-electron chi connectivity index (χ3n) is 3.60. The Bertz CT molecular complexity index is 939. The molecule has 0 bridgehead atoms. The van der Waals surface area contributed by atoms with E-state index < -0.39 is 5.97 Å². The molecule has 0 aliphatic heterocycles. The minimum absolute atomic E-state index is 0.203. The van der Waals surface area contributed by atoms with Crippen LogP contribution in [0.4, 0.5) is 5.69 Å². The van der Waals surface area contributed by atoms with Crippen LogP contribution in [-0.4, -0.2) is 17.0 Å². The second kappa shape index (κ2) is 6.79. The molecule has 1 amide bonds. The molecule has 2 N–H and O–H groups in total. The molecule has 118 valence electrons. The zero-order valence-electron chi connectivity index (χ0n) is 12.8. The number of carbonyl (C=O) groups excluding carboxylic acids is 1. The molecule has 0 radical (unpaired) electrons. The number of benzene rings is 3. The molecule has 0 saturated carbocycles. The van der Waals surface area contributed by atoms with Gasteiger partial charge >= 0.3 is 5.97 Å². The van der Waals surface area contributed by atoms with Crippen LogP contribution in [-0.2, 0) is 4.79 Å². The lowest BCUT2D eigenvalue weighted by Crippen LogP contribution is -2.12. The second-order valence-corrected chi connectivity index (χ2v) is 5.28. The quantitative estimate of drug-likeness (QED) is 0.709. The molecular formula is C20H15NO3. The Morgan fingerprint density at radius 2 is 1.67 bits per heavy atom. The lowest BCUT2D eigenvalue weighted by Gasteiger charge is -2.08. The molecule has 0 unspecified atom stereocenters. The average Bonchev–Trinajstić information content (AvgIpc) is 2.60. The van der Waals surface area contributed by atoms with E-state index in [0.29, 0.717) is 16.8 Å². The van der Waals surface area contributed by atoms with Gasteiger partial charge in [0.05, 0.1) is 0 Å². The van der Waals surface area contributed by atoms with Crippen LogP contribution in [0, 0.1) is 0 Å². The third kappa shape index (κ3) is 3.50. The molecule has 0 spiro atoms. The molecular weight excluding hydrogens is 302 g/mol. The zero-order chi connectivity index (χ0) is 16.9. The Kier molecular flexibility index (Phi) is 4.38. The number of amides is 1. The summed E-state index contributed by atoms with van der Waals surface area (Å²) in [5.41, 5.74) is 1.91. The summed E-state index contributed by atoms with van der Waals surface area (Å²) in [6.07, 6.45) is 2.54. The van der Waals surface area contributed by atoms with Crippen molar-refractivity contribution in [2.45, 2.75) is 0 Å². The van der Waals surface area contributed by atoms with Crippen LogP contribution < -0.4 is 5.32 Å². The molecule has 0 fully saturated rings. The van der Waals surface area contributed by atoms with Crippen LogP contribution in [0.1, 0.15) is 15.9 Å². The monoisotopic (exact) mass is 317 g/mol. The maximum Gasteiger partial charge on any atom is 0.328 e. The van der Waals surface area contributed by atoms with Gasteiger partial charge in [-0.2, -0.15) is 0 Å². The van der Waals surface area contributed by atoms with Gasteiger partial charge in [0.15, 0.2) is 0 Å². The number of carboxylic acid groups (broad SMARTS) is 1. The molecule has 0 atom stereocenters. The van der Waals surface area contributed by atoms with Crippen molar-refractivity contribution in [2.24, 2.45) is 0 Å². The molecule has 4 heteroatoms. The highest BCUT2D eigenvalue weighted by molar-refractivity contribution is 6.13. The second-order valence-electron chi connectivity index (χ2n) is 5.28. The number of fused-ring (bicyclic) bond motifs is 1. The van der Waals surface area contributed by atoms with Crippen LogP contribution >= 0.6 is 0 Å². The molecule has 3 aromatic carbocycles. The summed E-state index contributed by atoms with van der Waals surface area (Å²) in [6.45, 7) is 0. The fraction of sp³-hybridized carbons (Fsp3) is 0. The Hall–Kier alpha value is -3.40. The smallest absolute Gasteiger partial charge is 0.328 e. The highest BCUT2D eigenvalue weighted by atomic mass is 16.4. The highest BCUT2D eigenvalue weighted by Gasteiger charge is 2.09. The molecule has 0 saturated heterocycles. The number of carbonyl (C=O) groups is 2. The van der Waals surface area contributed by atoms with E-state index in [4.69, 9.17) is 5.11 Å². The van der Waals surface area contributed by atoms with Crippen LogP contribution in [0.5, 0.6) is 0 Å². The summed E-state index contributed by atoms with van der Waals surface area (Å²) in [5, 5.41) is 13.4. The number of hydrogen-bond acceptors (Lipinski definition) is 2. The van der Waals surface area contributed by atoms with Crippen LogP contribution in [0.15, 0.2) is 72.8 Å². The summed E-state index contributed by atoms with van der Waals surface area (Å²) in [6, 6.07) is 20.3. The summed E-state index contributed by atoms with van der Waals surface area (Å²) < 4.78 is 0. The summed E-state index contributed by atoms with van der Waals surface area (Å²) in [4.78, 5) is 23.2. The van der Waals surface area contributed by atoms with Crippen molar-refractivity contribution in [1.29, 1.82) is 0 Å². The number of anilines is 1. The Balaban J connectivity index is 1.87. The Morgan fingerprint density at radius 3 is 2.50 bits per heavy atom. The van der Waals surface area contributed by atoms with Crippen molar-refractivity contribution < 1.29 is 14.7 Å². The minimum Gasteiger partial charge on any atom is -0.478 e. The lowest BCUT2D eigenvalue weighted by molar-refractivity contribution is -0.131. The topological polar surface area (TPSA) is 66.4 Å². The summed E-state index contributed by atoms with van der Waals surface area (Å²) in [7, 11) is 0. The van der Waals surface area contributed by atoms with Crippen LogP contribution in [0.3, 0.4) is 0 Å². The van der Waals surface area contributed by atoms with Gasteiger partial charge in [0.1, 0.15) is 0 Å². The van der Waals surface area contributed by atoms with Gasteiger partial charge in [0, 0.05) is 17.3 Å². The summed E-state index contributed by atoms with van der Waals surface area (Å²) in [5.74, 6) is -1.22. The largest absolute Gasteiger partial charge is 0.478 e. The van der Waals surface area contributed by atoms with E-state index in [1.165, 1.54) is 6.08 Å². The first-order chi connectivity index (χ1) is 11.6. The van der Waals surface area contributed by atoms with Gasteiger partial charge in [-0.3, -0.25) is 4.79 Å². The maximum absolute atomic E-state index is 12.6. The zero-order valence-corrected chi connectivity index (χ0v) is 12.8. The van der Waals surface area contributed by atoms with E-state index in [2.05, 4.69) is 5.32 Å². The first-order valence-corrected chi connectivity index (χ1v) is 7.44. The summed E-state index contributed by atoms with van der Waals surface area (Å²) >= 11 is 0. The van der Waals surface area contributed by atoms with Crippen molar-refractivity contribution in [3.05, 3.63) is 83.9 Å².